The highest BCUT2D eigenvalue weighted by Gasteiger charge is 2.03. The van der Waals surface area contributed by atoms with Crippen molar-refractivity contribution >= 4 is 17.1 Å². The molecule has 0 atom stereocenters. The minimum absolute atomic E-state index is 0.601. The molecule has 0 radical (unpaired) electrons. The number of aryl methyl sites for hydroxylation is 1. The number of benzene rings is 1. The molecular weight excluding hydrogens is 240 g/mol. The summed E-state index contributed by atoms with van der Waals surface area (Å²) < 4.78 is 7.67. The van der Waals surface area contributed by atoms with Crippen molar-refractivity contribution in [1.82, 2.24) is 14.5 Å². The van der Waals surface area contributed by atoms with Crippen molar-refractivity contribution in [3.63, 3.8) is 0 Å². The summed E-state index contributed by atoms with van der Waals surface area (Å²) in [6.45, 7) is 1.86. The zero-order chi connectivity index (χ0) is 12.9. The number of imidazole rings is 1. The molecule has 5 heteroatoms. The van der Waals surface area contributed by atoms with Gasteiger partial charge in [-0.25, -0.2) is 4.98 Å². The number of nitrogens with one attached hydrogen (secondary N) is 1. The lowest BCUT2D eigenvalue weighted by Gasteiger charge is -2.02. The highest BCUT2D eigenvalue weighted by Crippen LogP contribution is 2.17. The molecule has 0 aliphatic heterocycles. The van der Waals surface area contributed by atoms with Gasteiger partial charge in [-0.15, -0.1) is 0 Å². The van der Waals surface area contributed by atoms with E-state index in [4.69, 9.17) is 4.42 Å². The van der Waals surface area contributed by atoms with Crippen LogP contribution in [0.2, 0.25) is 0 Å². The lowest BCUT2D eigenvalue weighted by molar-refractivity contribution is 0.594. The number of fused-ring (bicyclic) bond motifs is 1. The normalized spacial score (nSPS) is 10.9. The van der Waals surface area contributed by atoms with E-state index in [0.29, 0.717) is 6.01 Å². The molecule has 1 aromatic carbocycles. The average Bonchev–Trinajstić information content (AvgIpc) is 3.06. The first-order valence-electron chi connectivity index (χ1n) is 6.47. The van der Waals surface area contributed by atoms with Gasteiger partial charge in [-0.05, 0) is 25.0 Å². The smallest absolute Gasteiger partial charge is 0.295 e. The van der Waals surface area contributed by atoms with Crippen LogP contribution in [0, 0.1) is 0 Å². The van der Waals surface area contributed by atoms with Gasteiger partial charge in [0, 0.05) is 25.5 Å². The van der Waals surface area contributed by atoms with Crippen LogP contribution in [0.3, 0.4) is 0 Å². The fourth-order valence-corrected chi connectivity index (χ4v) is 1.98. The quantitative estimate of drug-likeness (QED) is 0.689. The van der Waals surface area contributed by atoms with Gasteiger partial charge in [0.25, 0.3) is 6.01 Å². The maximum absolute atomic E-state index is 5.58. The van der Waals surface area contributed by atoms with E-state index in [9.17, 15) is 0 Å². The van der Waals surface area contributed by atoms with E-state index in [1.165, 1.54) is 0 Å². The predicted octanol–water partition coefficient (Wildman–Crippen LogP) is 2.92. The first-order chi connectivity index (χ1) is 9.42. The molecule has 0 saturated heterocycles. The van der Waals surface area contributed by atoms with Crippen LogP contribution in [0.1, 0.15) is 12.8 Å². The molecule has 0 spiro atoms. The summed E-state index contributed by atoms with van der Waals surface area (Å²) in [5.41, 5.74) is 1.71. The highest BCUT2D eigenvalue weighted by atomic mass is 16.4. The number of hydrogen-bond acceptors (Lipinski definition) is 4. The number of rotatable bonds is 6. The van der Waals surface area contributed by atoms with Crippen LogP contribution in [0.4, 0.5) is 6.01 Å². The molecule has 0 unspecified atom stereocenters. The van der Waals surface area contributed by atoms with E-state index in [0.717, 1.165) is 37.0 Å². The molecule has 3 rings (SSSR count). The number of oxazole rings is 1. The van der Waals surface area contributed by atoms with Crippen LogP contribution in [0.25, 0.3) is 11.1 Å². The minimum Gasteiger partial charge on any atom is -0.424 e. The summed E-state index contributed by atoms with van der Waals surface area (Å²) in [5.74, 6) is 0. The molecule has 0 fully saturated rings. The summed E-state index contributed by atoms with van der Waals surface area (Å²) in [6, 6.07) is 8.38. The fraction of sp³-hybridized carbons (Fsp3) is 0.286. The molecule has 0 bridgehead atoms. The number of aromatic nitrogens is 3. The number of hydrogen-bond donors (Lipinski definition) is 1. The molecule has 19 heavy (non-hydrogen) atoms. The zero-order valence-corrected chi connectivity index (χ0v) is 10.6. The largest absolute Gasteiger partial charge is 0.424 e. The fourth-order valence-electron chi connectivity index (χ4n) is 1.98. The maximum atomic E-state index is 5.58. The van der Waals surface area contributed by atoms with E-state index >= 15 is 0 Å². The molecule has 2 heterocycles. The molecular formula is C14H16N4O. The Morgan fingerprint density at radius 1 is 1.21 bits per heavy atom. The van der Waals surface area contributed by atoms with Gasteiger partial charge in [0.05, 0.1) is 6.33 Å². The Bertz CT molecular complexity index is 597. The van der Waals surface area contributed by atoms with Crippen LogP contribution >= 0.6 is 0 Å². The zero-order valence-electron chi connectivity index (χ0n) is 10.6. The monoisotopic (exact) mass is 256 g/mol. The summed E-state index contributed by atoms with van der Waals surface area (Å²) in [6.07, 6.45) is 7.79. The molecule has 5 nitrogen and oxygen atoms in total. The molecule has 2 aromatic heterocycles. The van der Waals surface area contributed by atoms with Crippen molar-refractivity contribution in [1.29, 1.82) is 0 Å². The van der Waals surface area contributed by atoms with Crippen molar-refractivity contribution < 1.29 is 4.42 Å². The van der Waals surface area contributed by atoms with E-state index in [2.05, 4.69) is 19.9 Å². The van der Waals surface area contributed by atoms with Crippen LogP contribution in [-0.2, 0) is 6.54 Å². The second kappa shape index (κ2) is 5.56. The Hall–Kier alpha value is -2.30. The average molecular weight is 256 g/mol. The SMILES string of the molecule is c1ccc2oc(NCCCCn3ccnc3)nc2c1. The molecule has 0 amide bonds. The number of anilines is 1. The Kier molecular flexibility index (Phi) is 3.45. The van der Waals surface area contributed by atoms with Crippen molar-refractivity contribution in [2.45, 2.75) is 19.4 Å². The van der Waals surface area contributed by atoms with Gasteiger partial charge < -0.3 is 14.3 Å². The molecule has 3 aromatic rings. The lowest BCUT2D eigenvalue weighted by Crippen LogP contribution is -2.03. The van der Waals surface area contributed by atoms with Crippen molar-refractivity contribution in [2.24, 2.45) is 0 Å². The van der Waals surface area contributed by atoms with Crippen molar-refractivity contribution in [3.05, 3.63) is 43.0 Å². The minimum atomic E-state index is 0.601. The van der Waals surface area contributed by atoms with E-state index in [-0.39, 0.29) is 0 Å². The second-order valence-corrected chi connectivity index (χ2v) is 4.42. The number of para-hydroxylation sites is 2. The Labute approximate surface area is 111 Å². The van der Waals surface area contributed by atoms with Crippen molar-refractivity contribution in [2.75, 3.05) is 11.9 Å². The molecule has 0 aliphatic carbocycles. The molecule has 0 saturated carbocycles. The topological polar surface area (TPSA) is 55.9 Å². The van der Waals surface area contributed by atoms with Crippen LogP contribution in [0.5, 0.6) is 0 Å². The van der Waals surface area contributed by atoms with Gasteiger partial charge >= 0.3 is 0 Å². The van der Waals surface area contributed by atoms with Gasteiger partial charge in [0.2, 0.25) is 0 Å². The van der Waals surface area contributed by atoms with E-state index < -0.39 is 0 Å². The third-order valence-electron chi connectivity index (χ3n) is 2.97. The summed E-state index contributed by atoms with van der Waals surface area (Å²) in [5, 5.41) is 3.21. The second-order valence-electron chi connectivity index (χ2n) is 4.42. The van der Waals surface area contributed by atoms with Crippen LogP contribution in [0.15, 0.2) is 47.4 Å². The summed E-state index contributed by atoms with van der Waals surface area (Å²) in [4.78, 5) is 8.38. The highest BCUT2D eigenvalue weighted by molar-refractivity contribution is 5.74. The third kappa shape index (κ3) is 2.93. The van der Waals surface area contributed by atoms with Gasteiger partial charge in [0.15, 0.2) is 5.58 Å². The van der Waals surface area contributed by atoms with Crippen molar-refractivity contribution in [3.8, 4) is 0 Å². The van der Waals surface area contributed by atoms with E-state index in [1.807, 2.05) is 36.8 Å². The first kappa shape index (κ1) is 11.8. The first-order valence-corrected chi connectivity index (χ1v) is 6.47. The molecule has 1 N–H and O–H groups in total. The van der Waals surface area contributed by atoms with Crippen LogP contribution in [-0.4, -0.2) is 21.1 Å². The Morgan fingerprint density at radius 2 is 2.16 bits per heavy atom. The number of nitrogens with zero attached hydrogens (tertiary/aromatic N) is 3. The van der Waals surface area contributed by atoms with Gasteiger partial charge in [-0.3, -0.25) is 0 Å². The Balaban J connectivity index is 1.44. The Morgan fingerprint density at radius 3 is 3.00 bits per heavy atom. The molecule has 98 valence electrons. The predicted molar refractivity (Wildman–Crippen MR) is 74.0 cm³/mol. The van der Waals surface area contributed by atoms with Gasteiger partial charge in [0.1, 0.15) is 5.52 Å². The maximum Gasteiger partial charge on any atom is 0.295 e. The van der Waals surface area contributed by atoms with Gasteiger partial charge in [-0.1, -0.05) is 12.1 Å². The standard InChI is InChI=1S/C14H16N4O/c1-2-6-13-12(5-1)17-14(19-13)16-7-3-4-9-18-10-8-15-11-18/h1-2,5-6,8,10-11H,3-4,7,9H2,(H,16,17). The lowest BCUT2D eigenvalue weighted by atomic mass is 10.3. The third-order valence-corrected chi connectivity index (χ3v) is 2.97. The summed E-state index contributed by atoms with van der Waals surface area (Å²) in [7, 11) is 0. The summed E-state index contributed by atoms with van der Waals surface area (Å²) >= 11 is 0. The van der Waals surface area contributed by atoms with E-state index in [1.54, 1.807) is 6.20 Å². The number of unbranched alkanes of at least 4 members (excludes halogenated alkanes) is 1. The molecule has 0 aliphatic rings. The van der Waals surface area contributed by atoms with Crippen LogP contribution < -0.4 is 5.32 Å². The van der Waals surface area contributed by atoms with Gasteiger partial charge in [-0.2, -0.15) is 4.98 Å².